The van der Waals surface area contributed by atoms with Crippen LogP contribution in [0.15, 0.2) is 174 Å². The number of nitrogens with zero attached hydrogens (tertiary/aromatic N) is 1. The van der Waals surface area contributed by atoms with E-state index in [4.69, 9.17) is 4.42 Å². The summed E-state index contributed by atoms with van der Waals surface area (Å²) in [5, 5.41) is 7.17. The Kier molecular flexibility index (Phi) is 6.57. The SMILES string of the molecule is C1=CCC(N(c2ccc(-c3ccccc3)cc2)c2ccc(-c3cccc4c3oc3cc5ccccc5cc34)cc2)=c2ccccc2=C1. The monoisotopic (exact) mass is 601 g/mol. The van der Waals surface area contributed by atoms with E-state index in [1.165, 1.54) is 38.0 Å². The molecule has 0 bridgehead atoms. The van der Waals surface area contributed by atoms with Crippen molar-refractivity contribution in [3.63, 3.8) is 0 Å². The van der Waals surface area contributed by atoms with E-state index in [0.717, 1.165) is 50.9 Å². The second-order valence-electron chi connectivity index (χ2n) is 12.1. The Morgan fingerprint density at radius 1 is 0.511 bits per heavy atom. The third-order valence-electron chi connectivity index (χ3n) is 9.30. The van der Waals surface area contributed by atoms with Crippen LogP contribution in [0.5, 0.6) is 0 Å². The van der Waals surface area contributed by atoms with Gasteiger partial charge in [0.1, 0.15) is 11.2 Å². The van der Waals surface area contributed by atoms with Crippen LogP contribution in [-0.4, -0.2) is 0 Å². The van der Waals surface area contributed by atoms with Crippen LogP contribution in [0.1, 0.15) is 6.42 Å². The summed E-state index contributed by atoms with van der Waals surface area (Å²) < 4.78 is 6.56. The van der Waals surface area contributed by atoms with E-state index in [2.05, 4.69) is 181 Å². The van der Waals surface area contributed by atoms with Crippen molar-refractivity contribution in [2.45, 2.75) is 6.42 Å². The molecule has 0 atom stereocenters. The van der Waals surface area contributed by atoms with Crippen LogP contribution in [0.2, 0.25) is 0 Å². The van der Waals surface area contributed by atoms with Crippen LogP contribution in [0, 0.1) is 0 Å². The Morgan fingerprint density at radius 2 is 1.17 bits per heavy atom. The minimum atomic E-state index is 0.822. The molecule has 0 saturated heterocycles. The summed E-state index contributed by atoms with van der Waals surface area (Å²) in [4.78, 5) is 2.41. The molecule has 0 fully saturated rings. The van der Waals surface area contributed by atoms with Crippen LogP contribution in [0.3, 0.4) is 0 Å². The molecule has 0 spiro atoms. The van der Waals surface area contributed by atoms with Gasteiger partial charge in [-0.25, -0.2) is 0 Å². The van der Waals surface area contributed by atoms with Gasteiger partial charge in [0.25, 0.3) is 0 Å². The molecule has 222 valence electrons. The van der Waals surface area contributed by atoms with Crippen molar-refractivity contribution in [3.8, 4) is 22.3 Å². The van der Waals surface area contributed by atoms with Crippen LogP contribution in [0.25, 0.3) is 66.7 Å². The quantitative estimate of drug-likeness (QED) is 0.195. The van der Waals surface area contributed by atoms with Crippen LogP contribution < -0.4 is 15.3 Å². The predicted octanol–water partition coefficient (Wildman–Crippen LogP) is 10.8. The standard InChI is InChI=1S/C45H31NO/c1-2-11-31(12-3-1)32-21-25-37(26-22-32)46(43-20-9-7-14-33-13-6-8-17-39(33)43)38-27-23-34(24-28-38)40-18-10-19-41-42-29-35-15-4-5-16-36(35)30-44(42)47-45(40)41/h1-19,21-30H,20H2. The third kappa shape index (κ3) is 4.83. The molecule has 9 rings (SSSR count). The number of allylic oxidation sites excluding steroid dienone is 1. The zero-order valence-electron chi connectivity index (χ0n) is 25.8. The molecule has 0 unspecified atom stereocenters. The van der Waals surface area contributed by atoms with Crippen molar-refractivity contribution in [2.24, 2.45) is 0 Å². The van der Waals surface area contributed by atoms with Gasteiger partial charge in [-0.05, 0) is 69.1 Å². The predicted molar refractivity (Wildman–Crippen MR) is 198 cm³/mol. The fraction of sp³-hybridized carbons (Fsp3) is 0.0222. The lowest BCUT2D eigenvalue weighted by molar-refractivity contribution is 0.670. The molecule has 1 aliphatic rings. The first kappa shape index (κ1) is 27.2. The molecule has 1 heterocycles. The molecule has 0 N–H and O–H groups in total. The first-order chi connectivity index (χ1) is 23.3. The smallest absolute Gasteiger partial charge is 0.143 e. The molecule has 2 heteroatoms. The lowest BCUT2D eigenvalue weighted by Crippen LogP contribution is -2.31. The fourth-order valence-corrected chi connectivity index (χ4v) is 6.97. The van der Waals surface area contributed by atoms with Gasteiger partial charge in [-0.3, -0.25) is 0 Å². The Labute approximate surface area is 273 Å². The molecule has 47 heavy (non-hydrogen) atoms. The maximum Gasteiger partial charge on any atom is 0.143 e. The molecule has 1 aliphatic carbocycles. The van der Waals surface area contributed by atoms with E-state index in [-0.39, 0.29) is 0 Å². The Bertz CT molecular complexity index is 2570. The largest absolute Gasteiger partial charge is 0.455 e. The van der Waals surface area contributed by atoms with Gasteiger partial charge in [-0.2, -0.15) is 0 Å². The van der Waals surface area contributed by atoms with Crippen LogP contribution in [-0.2, 0) is 0 Å². The zero-order chi connectivity index (χ0) is 31.2. The number of rotatable bonds is 5. The zero-order valence-corrected chi connectivity index (χ0v) is 25.8. The van der Waals surface area contributed by atoms with E-state index >= 15 is 0 Å². The van der Waals surface area contributed by atoms with Crippen molar-refractivity contribution in [2.75, 3.05) is 4.90 Å². The highest BCUT2D eigenvalue weighted by Gasteiger charge is 2.18. The number of anilines is 2. The van der Waals surface area contributed by atoms with Crippen LogP contribution >= 0.6 is 0 Å². The first-order valence-electron chi connectivity index (χ1n) is 16.2. The van der Waals surface area contributed by atoms with Gasteiger partial charge in [0, 0.05) is 45.0 Å². The van der Waals surface area contributed by atoms with Crippen molar-refractivity contribution in [1.29, 1.82) is 0 Å². The highest BCUT2D eigenvalue weighted by Crippen LogP contribution is 2.39. The molecule has 0 saturated carbocycles. The van der Waals surface area contributed by atoms with Gasteiger partial charge < -0.3 is 9.32 Å². The molecule has 8 aromatic rings. The molecule has 7 aromatic carbocycles. The van der Waals surface area contributed by atoms with Gasteiger partial charge in [-0.15, -0.1) is 0 Å². The highest BCUT2D eigenvalue weighted by molar-refractivity contribution is 6.13. The molecule has 0 aliphatic heterocycles. The number of para-hydroxylation sites is 1. The molecular formula is C45H31NO. The number of hydrogen-bond acceptors (Lipinski definition) is 2. The van der Waals surface area contributed by atoms with Gasteiger partial charge >= 0.3 is 0 Å². The van der Waals surface area contributed by atoms with E-state index in [0.29, 0.717) is 0 Å². The van der Waals surface area contributed by atoms with E-state index in [9.17, 15) is 0 Å². The Morgan fingerprint density at radius 3 is 1.96 bits per heavy atom. The van der Waals surface area contributed by atoms with E-state index in [1.54, 1.807) is 0 Å². The summed E-state index contributed by atoms with van der Waals surface area (Å²) in [6, 6.07) is 56.4. The average Bonchev–Trinajstić information content (AvgIpc) is 3.36. The Hall–Kier alpha value is -6.12. The molecule has 0 amide bonds. The van der Waals surface area contributed by atoms with Crippen molar-refractivity contribution in [1.82, 2.24) is 0 Å². The topological polar surface area (TPSA) is 16.4 Å². The molecule has 1 aromatic heterocycles. The summed E-state index contributed by atoms with van der Waals surface area (Å²) in [7, 11) is 0. The van der Waals surface area contributed by atoms with E-state index in [1.807, 2.05) is 0 Å². The second-order valence-corrected chi connectivity index (χ2v) is 12.1. The number of furan rings is 1. The van der Waals surface area contributed by atoms with Crippen LogP contribution in [0.4, 0.5) is 11.4 Å². The number of benzene rings is 7. The summed E-state index contributed by atoms with van der Waals surface area (Å²) in [5.74, 6) is 0. The minimum absolute atomic E-state index is 0.822. The lowest BCUT2D eigenvalue weighted by Gasteiger charge is -2.28. The maximum absolute atomic E-state index is 6.56. The normalized spacial score (nSPS) is 12.6. The van der Waals surface area contributed by atoms with Gasteiger partial charge in [0.15, 0.2) is 0 Å². The third-order valence-corrected chi connectivity index (χ3v) is 9.30. The second kappa shape index (κ2) is 11.3. The van der Waals surface area contributed by atoms with E-state index < -0.39 is 0 Å². The fourth-order valence-electron chi connectivity index (χ4n) is 6.97. The lowest BCUT2D eigenvalue weighted by atomic mass is 10.0. The first-order valence-corrected chi connectivity index (χ1v) is 16.2. The summed E-state index contributed by atoms with van der Waals surface area (Å²) >= 11 is 0. The van der Waals surface area contributed by atoms with Gasteiger partial charge in [0.2, 0.25) is 0 Å². The molecule has 2 nitrogen and oxygen atoms in total. The molecule has 0 radical (unpaired) electrons. The minimum Gasteiger partial charge on any atom is -0.455 e. The summed E-state index contributed by atoms with van der Waals surface area (Å²) in [6.07, 6.45) is 7.45. The average molecular weight is 602 g/mol. The summed E-state index contributed by atoms with van der Waals surface area (Å²) in [5.41, 5.74) is 9.97. The molecular weight excluding hydrogens is 571 g/mol. The van der Waals surface area contributed by atoms with Gasteiger partial charge in [0.05, 0.1) is 0 Å². The van der Waals surface area contributed by atoms with Crippen molar-refractivity contribution >= 4 is 55.9 Å². The number of hydrogen-bond donors (Lipinski definition) is 0. The Balaban J connectivity index is 1.17. The summed E-state index contributed by atoms with van der Waals surface area (Å²) in [6.45, 7) is 0. The number of fused-ring (bicyclic) bond motifs is 5. The van der Waals surface area contributed by atoms with Crippen molar-refractivity contribution in [3.05, 3.63) is 180 Å². The maximum atomic E-state index is 6.56. The van der Waals surface area contributed by atoms with Crippen molar-refractivity contribution < 1.29 is 4.42 Å². The highest BCUT2D eigenvalue weighted by atomic mass is 16.3. The van der Waals surface area contributed by atoms with Gasteiger partial charge in [-0.1, -0.05) is 140 Å².